The molecule has 38 heavy (non-hydrogen) atoms. The summed E-state index contributed by atoms with van der Waals surface area (Å²) in [6, 6.07) is 8.23. The van der Waals surface area contributed by atoms with Gasteiger partial charge in [0.05, 0.1) is 17.5 Å². The minimum Gasteiger partial charge on any atom is -0.433 e. The highest BCUT2D eigenvalue weighted by Crippen LogP contribution is 2.37. The molecule has 0 radical (unpaired) electrons. The highest BCUT2D eigenvalue weighted by Gasteiger charge is 2.31. The number of nitrogens with one attached hydrogen (secondary N) is 2. The summed E-state index contributed by atoms with van der Waals surface area (Å²) in [6.07, 6.45) is 4.89. The van der Waals surface area contributed by atoms with Crippen LogP contribution in [-0.4, -0.2) is 65.2 Å². The number of alkyl halides is 2. The molecule has 0 spiro atoms. The highest BCUT2D eigenvalue weighted by atomic mass is 19.3. The molecule has 2 aliphatic rings. The van der Waals surface area contributed by atoms with Gasteiger partial charge in [-0.1, -0.05) is 13.8 Å². The van der Waals surface area contributed by atoms with E-state index < -0.39 is 6.61 Å². The molecule has 0 saturated carbocycles. The Kier molecular flexibility index (Phi) is 7.11. The molecular weight excluding hydrogens is 494 g/mol. The van der Waals surface area contributed by atoms with Crippen LogP contribution in [0, 0.1) is 0 Å². The Bertz CT molecular complexity index is 1330. The minimum atomic E-state index is -3.07. The van der Waals surface area contributed by atoms with Crippen molar-refractivity contribution in [3.05, 3.63) is 53.9 Å². The molecule has 3 aromatic rings. The molecule has 1 fully saturated rings. The number of nitrogens with zero attached hydrogens (tertiary/aromatic N) is 4. The first-order chi connectivity index (χ1) is 18.2. The molecule has 1 aromatic carbocycles. The number of aromatic nitrogens is 3. The van der Waals surface area contributed by atoms with Crippen LogP contribution in [0.4, 0.5) is 26.2 Å². The Morgan fingerprint density at radius 2 is 1.97 bits per heavy atom. The smallest absolute Gasteiger partial charge is 0.387 e. The van der Waals surface area contributed by atoms with Crippen LogP contribution < -0.4 is 15.4 Å². The number of amides is 1. The molecule has 0 aliphatic carbocycles. The number of carbonyl (C=O) groups excluding carboxylic acids is 1. The molecule has 2 aromatic heterocycles. The number of anilines is 3. The van der Waals surface area contributed by atoms with Gasteiger partial charge in [0.25, 0.3) is 5.91 Å². The molecule has 0 atom stereocenters. The standard InChI is InChI=1S/C27H30F2N6O3/c1-27(2)15-32-23-19(27)12-17(14-31-23)20-6-9-30-26(33-20)34-21-5-4-16(13-22(21)38-25(28)29)24(36)35-10-7-18(37-3)8-11-35/h4-6,9,12-14,18,25H,7-8,10-11,15H2,1-3H3,(H,31,32)(H,30,33,34). The lowest BCUT2D eigenvalue weighted by Crippen LogP contribution is -2.40. The summed E-state index contributed by atoms with van der Waals surface area (Å²) >= 11 is 0. The van der Waals surface area contributed by atoms with E-state index in [9.17, 15) is 13.6 Å². The molecule has 4 heterocycles. The molecule has 0 unspecified atom stereocenters. The van der Waals surface area contributed by atoms with Crippen LogP contribution in [0.25, 0.3) is 11.3 Å². The van der Waals surface area contributed by atoms with Crippen LogP contribution in [-0.2, 0) is 10.2 Å². The van der Waals surface area contributed by atoms with E-state index in [1.54, 1.807) is 36.5 Å². The minimum absolute atomic E-state index is 0.0627. The maximum absolute atomic E-state index is 13.3. The van der Waals surface area contributed by atoms with Crippen molar-refractivity contribution in [1.29, 1.82) is 0 Å². The molecule has 11 heteroatoms. The van der Waals surface area contributed by atoms with E-state index in [1.807, 2.05) is 0 Å². The SMILES string of the molecule is COC1CCN(C(=O)c2ccc(Nc3nccc(-c4cnc5c(c4)C(C)(C)CN5)n3)c(OC(F)F)c2)CC1. The molecule has 2 N–H and O–H groups in total. The van der Waals surface area contributed by atoms with Crippen LogP contribution in [0.1, 0.15) is 42.6 Å². The van der Waals surface area contributed by atoms with E-state index in [4.69, 9.17) is 9.47 Å². The second-order valence-corrected chi connectivity index (χ2v) is 10.1. The number of halogens is 2. The maximum atomic E-state index is 13.3. The Labute approximate surface area is 219 Å². The van der Waals surface area contributed by atoms with E-state index in [2.05, 4.69) is 45.5 Å². The molecule has 1 saturated heterocycles. The van der Waals surface area contributed by atoms with Gasteiger partial charge in [-0.05, 0) is 43.2 Å². The van der Waals surface area contributed by atoms with Gasteiger partial charge >= 0.3 is 6.61 Å². The highest BCUT2D eigenvalue weighted by molar-refractivity contribution is 5.95. The summed E-state index contributed by atoms with van der Waals surface area (Å²) < 4.78 is 36.6. The van der Waals surface area contributed by atoms with Crippen LogP contribution in [0.5, 0.6) is 5.75 Å². The zero-order chi connectivity index (χ0) is 26.9. The molecule has 0 bridgehead atoms. The predicted molar refractivity (Wildman–Crippen MR) is 139 cm³/mol. The molecule has 9 nitrogen and oxygen atoms in total. The summed E-state index contributed by atoms with van der Waals surface area (Å²) in [7, 11) is 1.65. The third-order valence-corrected chi connectivity index (χ3v) is 7.02. The van der Waals surface area contributed by atoms with Gasteiger partial charge in [0.1, 0.15) is 11.6 Å². The maximum Gasteiger partial charge on any atom is 0.387 e. The van der Waals surface area contributed by atoms with Crippen LogP contribution in [0.15, 0.2) is 42.7 Å². The van der Waals surface area contributed by atoms with Crippen LogP contribution >= 0.6 is 0 Å². The number of likely N-dealkylation sites (tertiary alicyclic amines) is 1. The first-order valence-electron chi connectivity index (χ1n) is 12.5. The normalized spacial score (nSPS) is 16.7. The van der Waals surface area contributed by atoms with Gasteiger partial charge in [-0.3, -0.25) is 4.79 Å². The first-order valence-corrected chi connectivity index (χ1v) is 12.5. The van der Waals surface area contributed by atoms with Crippen molar-refractivity contribution in [3.63, 3.8) is 0 Å². The fourth-order valence-corrected chi connectivity index (χ4v) is 4.79. The monoisotopic (exact) mass is 524 g/mol. The molecule has 2 aliphatic heterocycles. The van der Waals surface area contributed by atoms with E-state index in [-0.39, 0.29) is 40.4 Å². The number of carbonyl (C=O) groups is 1. The topological polar surface area (TPSA) is 102 Å². The van der Waals surface area contributed by atoms with Crippen molar-refractivity contribution >= 4 is 23.4 Å². The Balaban J connectivity index is 1.38. The predicted octanol–water partition coefficient (Wildman–Crippen LogP) is 4.84. The van der Waals surface area contributed by atoms with Gasteiger partial charge in [-0.15, -0.1) is 0 Å². The Hall–Kier alpha value is -3.86. The van der Waals surface area contributed by atoms with Gasteiger partial charge in [-0.25, -0.2) is 15.0 Å². The Morgan fingerprint density at radius 1 is 1.18 bits per heavy atom. The van der Waals surface area contributed by atoms with E-state index >= 15 is 0 Å². The van der Waals surface area contributed by atoms with Crippen molar-refractivity contribution in [2.75, 3.05) is 37.4 Å². The number of methoxy groups -OCH3 is 1. The molecule has 5 rings (SSSR count). The average Bonchev–Trinajstić information content (AvgIpc) is 3.23. The van der Waals surface area contributed by atoms with Crippen LogP contribution in [0.2, 0.25) is 0 Å². The lowest BCUT2D eigenvalue weighted by atomic mass is 9.87. The van der Waals surface area contributed by atoms with Gasteiger partial charge < -0.3 is 25.0 Å². The van der Waals surface area contributed by atoms with Crippen molar-refractivity contribution in [3.8, 4) is 17.0 Å². The van der Waals surface area contributed by atoms with Crippen molar-refractivity contribution in [2.45, 2.75) is 44.8 Å². The quantitative estimate of drug-likeness (QED) is 0.453. The van der Waals surface area contributed by atoms with Crippen molar-refractivity contribution in [1.82, 2.24) is 19.9 Å². The van der Waals surface area contributed by atoms with Crippen molar-refractivity contribution < 1.29 is 23.0 Å². The summed E-state index contributed by atoms with van der Waals surface area (Å²) in [6.45, 7) is 3.09. The zero-order valence-electron chi connectivity index (χ0n) is 21.5. The van der Waals surface area contributed by atoms with E-state index in [1.165, 1.54) is 12.1 Å². The number of ether oxygens (including phenoxy) is 2. The number of piperidine rings is 1. The number of fused-ring (bicyclic) bond motifs is 1. The third kappa shape index (κ3) is 5.38. The first kappa shape index (κ1) is 25.8. The number of benzene rings is 1. The third-order valence-electron chi connectivity index (χ3n) is 7.02. The summed E-state index contributed by atoms with van der Waals surface area (Å²) in [4.78, 5) is 28.0. The largest absolute Gasteiger partial charge is 0.433 e. The number of hydrogen-bond acceptors (Lipinski definition) is 8. The lowest BCUT2D eigenvalue weighted by molar-refractivity contribution is -0.0494. The molecule has 200 valence electrons. The second kappa shape index (κ2) is 10.5. The lowest BCUT2D eigenvalue weighted by Gasteiger charge is -2.31. The number of rotatable bonds is 7. The zero-order valence-corrected chi connectivity index (χ0v) is 21.5. The summed E-state index contributed by atoms with van der Waals surface area (Å²) in [5.41, 5.74) is 2.96. The number of hydrogen-bond donors (Lipinski definition) is 2. The van der Waals surface area contributed by atoms with Crippen molar-refractivity contribution in [2.24, 2.45) is 0 Å². The summed E-state index contributed by atoms with van der Waals surface area (Å²) in [5.74, 6) is 0.640. The van der Waals surface area contributed by atoms with Crippen LogP contribution in [0.3, 0.4) is 0 Å². The Morgan fingerprint density at radius 3 is 2.71 bits per heavy atom. The van der Waals surface area contributed by atoms with Gasteiger partial charge in [0.2, 0.25) is 5.95 Å². The van der Waals surface area contributed by atoms with E-state index in [0.717, 1.165) is 36.3 Å². The molecular formula is C27H30F2N6O3. The fraction of sp³-hybridized carbons (Fsp3) is 0.407. The van der Waals surface area contributed by atoms with E-state index in [0.29, 0.717) is 18.8 Å². The fourth-order valence-electron chi connectivity index (χ4n) is 4.79. The second-order valence-electron chi connectivity index (χ2n) is 10.1. The van der Waals surface area contributed by atoms with Gasteiger partial charge in [0, 0.05) is 61.2 Å². The van der Waals surface area contributed by atoms with Gasteiger partial charge in [0.15, 0.2) is 0 Å². The van der Waals surface area contributed by atoms with Gasteiger partial charge in [-0.2, -0.15) is 8.78 Å². The average molecular weight is 525 g/mol. The summed E-state index contributed by atoms with van der Waals surface area (Å²) in [5, 5.41) is 6.27. The number of pyridine rings is 1. The molecule has 1 amide bonds.